The number of nitrogens with one attached hydrogen (secondary N) is 1. The van der Waals surface area contributed by atoms with Crippen LogP contribution < -0.4 is 15.8 Å². The number of hydrogen-bond acceptors (Lipinski definition) is 3. The van der Waals surface area contributed by atoms with Crippen LogP contribution in [0.15, 0.2) is 36.4 Å². The summed E-state index contributed by atoms with van der Waals surface area (Å²) >= 11 is 0. The van der Waals surface area contributed by atoms with Gasteiger partial charge < -0.3 is 15.8 Å². The minimum atomic E-state index is -0.538. The number of amides is 1. The first kappa shape index (κ1) is 14.8. The molecule has 0 spiro atoms. The lowest BCUT2D eigenvalue weighted by Gasteiger charge is -2.10. The van der Waals surface area contributed by atoms with E-state index < -0.39 is 11.7 Å². The van der Waals surface area contributed by atoms with Crippen molar-refractivity contribution in [2.75, 3.05) is 17.7 Å². The van der Waals surface area contributed by atoms with Crippen molar-refractivity contribution in [3.8, 4) is 5.75 Å². The van der Waals surface area contributed by atoms with Crippen molar-refractivity contribution in [3.63, 3.8) is 0 Å². The average molecular weight is 288 g/mol. The van der Waals surface area contributed by atoms with Crippen LogP contribution in [0.1, 0.15) is 11.1 Å². The molecule has 0 aliphatic carbocycles. The molecule has 0 radical (unpaired) electrons. The van der Waals surface area contributed by atoms with E-state index >= 15 is 0 Å². The van der Waals surface area contributed by atoms with Gasteiger partial charge in [0.15, 0.2) is 6.61 Å². The molecule has 0 saturated heterocycles. The molecule has 2 aromatic carbocycles. The van der Waals surface area contributed by atoms with Crippen LogP contribution >= 0.6 is 0 Å². The lowest BCUT2D eigenvalue weighted by molar-refractivity contribution is -0.118. The van der Waals surface area contributed by atoms with Gasteiger partial charge in [-0.2, -0.15) is 0 Å². The first-order chi connectivity index (χ1) is 9.94. The van der Waals surface area contributed by atoms with Gasteiger partial charge in [-0.3, -0.25) is 4.79 Å². The maximum Gasteiger partial charge on any atom is 0.262 e. The Morgan fingerprint density at radius 3 is 2.52 bits per heavy atom. The minimum Gasteiger partial charge on any atom is -0.484 e. The highest BCUT2D eigenvalue weighted by molar-refractivity contribution is 5.92. The monoisotopic (exact) mass is 288 g/mol. The van der Waals surface area contributed by atoms with Crippen LogP contribution in [-0.4, -0.2) is 12.5 Å². The molecule has 0 unspecified atom stereocenters. The van der Waals surface area contributed by atoms with Gasteiger partial charge in [-0.05, 0) is 55.3 Å². The third-order valence-electron chi connectivity index (χ3n) is 2.83. The summed E-state index contributed by atoms with van der Waals surface area (Å²) in [6.07, 6.45) is 0. The van der Waals surface area contributed by atoms with Crippen LogP contribution in [0.3, 0.4) is 0 Å². The van der Waals surface area contributed by atoms with E-state index in [4.69, 9.17) is 10.5 Å². The van der Waals surface area contributed by atoms with E-state index in [1.807, 2.05) is 32.0 Å². The Labute approximate surface area is 122 Å². The SMILES string of the molecule is Cc1cc(C)cc(OCC(=O)Nc2cc(N)ccc2F)c1. The van der Waals surface area contributed by atoms with Gasteiger partial charge in [0.25, 0.3) is 5.91 Å². The predicted octanol–water partition coefficient (Wildman–Crippen LogP) is 3.04. The molecule has 0 aromatic heterocycles. The summed E-state index contributed by atoms with van der Waals surface area (Å²) in [5.41, 5.74) is 8.07. The number of benzene rings is 2. The maximum atomic E-state index is 13.5. The molecule has 2 rings (SSSR count). The van der Waals surface area contributed by atoms with Gasteiger partial charge in [0.1, 0.15) is 11.6 Å². The van der Waals surface area contributed by atoms with Crippen molar-refractivity contribution in [1.29, 1.82) is 0 Å². The number of nitrogens with two attached hydrogens (primary N) is 1. The third kappa shape index (κ3) is 4.21. The largest absolute Gasteiger partial charge is 0.484 e. The number of halogens is 1. The first-order valence-electron chi connectivity index (χ1n) is 6.50. The molecule has 0 atom stereocenters. The van der Waals surface area contributed by atoms with Crippen molar-refractivity contribution in [2.24, 2.45) is 0 Å². The Hall–Kier alpha value is -2.56. The van der Waals surface area contributed by atoms with Crippen molar-refractivity contribution in [2.45, 2.75) is 13.8 Å². The first-order valence-corrected chi connectivity index (χ1v) is 6.50. The standard InChI is InChI=1S/C16H17FN2O2/c1-10-5-11(2)7-13(6-10)21-9-16(20)19-15-8-12(18)3-4-14(15)17/h3-8H,9,18H2,1-2H3,(H,19,20). The third-order valence-corrected chi connectivity index (χ3v) is 2.83. The van der Waals surface area contributed by atoms with Crippen LogP contribution in [0.4, 0.5) is 15.8 Å². The van der Waals surface area contributed by atoms with E-state index in [9.17, 15) is 9.18 Å². The number of nitrogen functional groups attached to an aromatic ring is 1. The van der Waals surface area contributed by atoms with Crippen LogP contribution in [0.25, 0.3) is 0 Å². The van der Waals surface area contributed by atoms with Crippen LogP contribution in [0.5, 0.6) is 5.75 Å². The highest BCUT2D eigenvalue weighted by atomic mass is 19.1. The Morgan fingerprint density at radius 1 is 1.19 bits per heavy atom. The highest BCUT2D eigenvalue weighted by Gasteiger charge is 2.08. The minimum absolute atomic E-state index is 0.0454. The van der Waals surface area contributed by atoms with Gasteiger partial charge in [0, 0.05) is 5.69 Å². The van der Waals surface area contributed by atoms with E-state index in [2.05, 4.69) is 5.32 Å². The van der Waals surface area contributed by atoms with E-state index in [1.54, 1.807) is 0 Å². The molecular weight excluding hydrogens is 271 g/mol. The molecule has 5 heteroatoms. The molecule has 0 aliphatic heterocycles. The number of carbonyl (C=O) groups is 1. The molecule has 0 heterocycles. The van der Waals surface area contributed by atoms with Gasteiger partial charge in [-0.1, -0.05) is 6.07 Å². The Morgan fingerprint density at radius 2 is 1.86 bits per heavy atom. The number of carbonyl (C=O) groups excluding carboxylic acids is 1. The second-order valence-electron chi connectivity index (χ2n) is 4.90. The summed E-state index contributed by atoms with van der Waals surface area (Å²) in [5, 5.41) is 2.43. The molecule has 0 aliphatic rings. The topological polar surface area (TPSA) is 64.3 Å². The fourth-order valence-corrected chi connectivity index (χ4v) is 1.99. The van der Waals surface area contributed by atoms with E-state index in [1.165, 1.54) is 18.2 Å². The zero-order valence-corrected chi connectivity index (χ0v) is 11.9. The summed E-state index contributed by atoms with van der Waals surface area (Å²) < 4.78 is 18.9. The van der Waals surface area contributed by atoms with E-state index in [0.717, 1.165) is 11.1 Å². The molecule has 1 amide bonds. The van der Waals surface area contributed by atoms with E-state index in [-0.39, 0.29) is 12.3 Å². The quantitative estimate of drug-likeness (QED) is 0.850. The number of anilines is 2. The molecule has 4 nitrogen and oxygen atoms in total. The van der Waals surface area contributed by atoms with Crippen molar-refractivity contribution < 1.29 is 13.9 Å². The Kier molecular flexibility index (Phi) is 4.42. The van der Waals surface area contributed by atoms with Gasteiger partial charge in [-0.25, -0.2) is 4.39 Å². The number of hydrogen-bond donors (Lipinski definition) is 2. The van der Waals surface area contributed by atoms with Gasteiger partial charge in [0.2, 0.25) is 0 Å². The second-order valence-corrected chi connectivity index (χ2v) is 4.90. The molecule has 0 fully saturated rings. The predicted molar refractivity (Wildman–Crippen MR) is 80.9 cm³/mol. The smallest absolute Gasteiger partial charge is 0.262 e. The Bertz CT molecular complexity index is 651. The molecule has 3 N–H and O–H groups in total. The molecule has 2 aromatic rings. The summed E-state index contributed by atoms with van der Waals surface area (Å²) in [6.45, 7) is 3.70. The fraction of sp³-hybridized carbons (Fsp3) is 0.188. The van der Waals surface area contributed by atoms with Gasteiger partial charge in [0.05, 0.1) is 5.69 Å². The fourth-order valence-electron chi connectivity index (χ4n) is 1.99. The molecule has 110 valence electrons. The Balaban J connectivity index is 1.97. The summed E-state index contributed by atoms with van der Waals surface area (Å²) in [6, 6.07) is 9.68. The summed E-state index contributed by atoms with van der Waals surface area (Å²) in [7, 11) is 0. The molecule has 0 bridgehead atoms. The number of rotatable bonds is 4. The van der Waals surface area contributed by atoms with Gasteiger partial charge in [-0.15, -0.1) is 0 Å². The van der Waals surface area contributed by atoms with Gasteiger partial charge >= 0.3 is 0 Å². The lowest BCUT2D eigenvalue weighted by atomic mass is 10.1. The molecular formula is C16H17FN2O2. The zero-order chi connectivity index (χ0) is 15.4. The van der Waals surface area contributed by atoms with Crippen LogP contribution in [-0.2, 0) is 4.79 Å². The summed E-state index contributed by atoms with van der Waals surface area (Å²) in [5.74, 6) is -0.377. The zero-order valence-electron chi connectivity index (χ0n) is 11.9. The van der Waals surface area contributed by atoms with Crippen molar-refractivity contribution in [1.82, 2.24) is 0 Å². The second kappa shape index (κ2) is 6.26. The van der Waals surface area contributed by atoms with Crippen molar-refractivity contribution >= 4 is 17.3 Å². The normalized spacial score (nSPS) is 10.2. The van der Waals surface area contributed by atoms with Crippen molar-refractivity contribution in [3.05, 3.63) is 53.3 Å². The van der Waals surface area contributed by atoms with Crippen LogP contribution in [0.2, 0.25) is 0 Å². The van der Waals surface area contributed by atoms with E-state index in [0.29, 0.717) is 11.4 Å². The number of aryl methyl sites for hydroxylation is 2. The number of ether oxygens (including phenoxy) is 1. The molecule has 21 heavy (non-hydrogen) atoms. The molecule has 0 saturated carbocycles. The maximum absolute atomic E-state index is 13.5. The van der Waals surface area contributed by atoms with Crippen LogP contribution in [0, 0.1) is 19.7 Å². The average Bonchev–Trinajstić information content (AvgIpc) is 2.40. The lowest BCUT2D eigenvalue weighted by Crippen LogP contribution is -2.21. The highest BCUT2D eigenvalue weighted by Crippen LogP contribution is 2.18. The summed E-state index contributed by atoms with van der Waals surface area (Å²) in [4.78, 5) is 11.8.